The van der Waals surface area contributed by atoms with E-state index in [1.54, 1.807) is 7.11 Å². The Balaban J connectivity index is 2.66. The maximum absolute atomic E-state index is 11.6. The van der Waals surface area contributed by atoms with Gasteiger partial charge in [-0.2, -0.15) is 5.26 Å². The minimum atomic E-state index is -0.598. The molecule has 2 N–H and O–H groups in total. The fraction of sp³-hybridized carbons (Fsp3) is 0.333. The van der Waals surface area contributed by atoms with Crippen molar-refractivity contribution in [3.63, 3.8) is 0 Å². The fourth-order valence-electron chi connectivity index (χ4n) is 1.42. The van der Waals surface area contributed by atoms with Crippen molar-refractivity contribution in [3.8, 4) is 6.07 Å². The number of nitrogens with zero attached hydrogens (tertiary/aromatic N) is 2. The molecule has 1 amide bonds. The van der Waals surface area contributed by atoms with Crippen molar-refractivity contribution in [1.29, 1.82) is 5.26 Å². The Morgan fingerprint density at radius 1 is 1.55 bits per heavy atom. The van der Waals surface area contributed by atoms with Gasteiger partial charge in [0, 0.05) is 25.8 Å². The van der Waals surface area contributed by atoms with Crippen molar-refractivity contribution in [3.05, 3.63) is 33.9 Å². The second-order valence-corrected chi connectivity index (χ2v) is 3.82. The van der Waals surface area contributed by atoms with Crippen LogP contribution in [0.15, 0.2) is 18.2 Å². The highest BCUT2D eigenvalue weighted by Gasteiger charge is 2.12. The maximum Gasteiger partial charge on any atom is 0.270 e. The highest BCUT2D eigenvalue weighted by Crippen LogP contribution is 2.21. The van der Waals surface area contributed by atoms with E-state index in [1.807, 2.05) is 6.07 Å². The van der Waals surface area contributed by atoms with Crippen LogP contribution in [-0.2, 0) is 9.53 Å². The van der Waals surface area contributed by atoms with Gasteiger partial charge in [-0.1, -0.05) is 0 Å². The molecule has 8 nitrogen and oxygen atoms in total. The van der Waals surface area contributed by atoms with Crippen LogP contribution in [0.2, 0.25) is 0 Å². The number of amides is 1. The average Bonchev–Trinajstić information content (AvgIpc) is 2.43. The van der Waals surface area contributed by atoms with Gasteiger partial charge < -0.3 is 15.4 Å². The van der Waals surface area contributed by atoms with E-state index < -0.39 is 4.92 Å². The minimum absolute atomic E-state index is 0.0458. The number of nitrogens with one attached hydrogen (secondary N) is 2. The van der Waals surface area contributed by atoms with E-state index in [9.17, 15) is 14.9 Å². The molecule has 0 aliphatic rings. The highest BCUT2D eigenvalue weighted by molar-refractivity contribution is 5.93. The molecule has 106 valence electrons. The van der Waals surface area contributed by atoms with E-state index in [4.69, 9.17) is 10.00 Å². The molecule has 20 heavy (non-hydrogen) atoms. The van der Waals surface area contributed by atoms with Gasteiger partial charge in [-0.25, -0.2) is 0 Å². The lowest BCUT2D eigenvalue weighted by Gasteiger charge is -2.07. The molecular weight excluding hydrogens is 264 g/mol. The number of methoxy groups -OCH3 is 1. The van der Waals surface area contributed by atoms with Crippen LogP contribution in [-0.4, -0.2) is 37.6 Å². The van der Waals surface area contributed by atoms with E-state index >= 15 is 0 Å². The third-order valence-corrected chi connectivity index (χ3v) is 2.38. The molecule has 0 fully saturated rings. The van der Waals surface area contributed by atoms with Gasteiger partial charge in [-0.15, -0.1) is 0 Å². The molecular formula is C12H14N4O4. The molecule has 1 aromatic carbocycles. The normalized spacial score (nSPS) is 9.80. The predicted molar refractivity (Wildman–Crippen MR) is 71.2 cm³/mol. The average molecular weight is 278 g/mol. The molecule has 1 aromatic rings. The first kappa shape index (κ1) is 15.6. The first-order valence-corrected chi connectivity index (χ1v) is 5.76. The van der Waals surface area contributed by atoms with Crippen LogP contribution < -0.4 is 10.6 Å². The number of nitro benzene ring substituents is 1. The van der Waals surface area contributed by atoms with Gasteiger partial charge in [0.05, 0.1) is 29.3 Å². The quantitative estimate of drug-likeness (QED) is 0.429. The maximum atomic E-state index is 11.6. The molecule has 0 atom stereocenters. The van der Waals surface area contributed by atoms with Crippen molar-refractivity contribution in [1.82, 2.24) is 5.32 Å². The number of carbonyl (C=O) groups is 1. The molecule has 0 heterocycles. The van der Waals surface area contributed by atoms with E-state index in [2.05, 4.69) is 10.6 Å². The van der Waals surface area contributed by atoms with Gasteiger partial charge in [-0.3, -0.25) is 14.9 Å². The predicted octanol–water partition coefficient (Wildman–Crippen LogP) is 0.641. The zero-order valence-corrected chi connectivity index (χ0v) is 10.9. The largest absolute Gasteiger partial charge is 0.383 e. The van der Waals surface area contributed by atoms with Crippen LogP contribution in [0.1, 0.15) is 5.56 Å². The van der Waals surface area contributed by atoms with Crippen LogP contribution >= 0.6 is 0 Å². The Bertz CT molecular complexity index is 539. The number of ether oxygens (including phenoxy) is 1. The zero-order valence-electron chi connectivity index (χ0n) is 10.9. The molecule has 0 saturated heterocycles. The van der Waals surface area contributed by atoms with E-state index in [0.29, 0.717) is 13.2 Å². The Hall–Kier alpha value is -2.50. The van der Waals surface area contributed by atoms with Gasteiger partial charge in [0.25, 0.3) is 5.69 Å². The van der Waals surface area contributed by atoms with Crippen molar-refractivity contribution in [2.45, 2.75) is 0 Å². The van der Waals surface area contributed by atoms with E-state index in [0.717, 1.165) is 6.07 Å². The summed E-state index contributed by atoms with van der Waals surface area (Å²) in [5.41, 5.74) is 0.0962. The zero-order chi connectivity index (χ0) is 15.0. The number of nitriles is 1. The monoisotopic (exact) mass is 278 g/mol. The van der Waals surface area contributed by atoms with Crippen molar-refractivity contribution in [2.24, 2.45) is 0 Å². The fourth-order valence-corrected chi connectivity index (χ4v) is 1.42. The molecule has 1 rings (SSSR count). The lowest BCUT2D eigenvalue weighted by Crippen LogP contribution is -2.30. The lowest BCUT2D eigenvalue weighted by atomic mass is 10.1. The van der Waals surface area contributed by atoms with Gasteiger partial charge in [0.15, 0.2) is 0 Å². The first-order chi connectivity index (χ1) is 9.58. The molecule has 0 aliphatic carbocycles. The van der Waals surface area contributed by atoms with E-state index in [-0.39, 0.29) is 29.4 Å². The second-order valence-electron chi connectivity index (χ2n) is 3.82. The van der Waals surface area contributed by atoms with Crippen LogP contribution in [0.5, 0.6) is 0 Å². The van der Waals surface area contributed by atoms with Crippen LogP contribution in [0.4, 0.5) is 11.4 Å². The number of nitro groups is 1. The summed E-state index contributed by atoms with van der Waals surface area (Å²) in [5.74, 6) is -0.341. The summed E-state index contributed by atoms with van der Waals surface area (Å²) in [4.78, 5) is 21.6. The van der Waals surface area contributed by atoms with Crippen LogP contribution in [0.25, 0.3) is 0 Å². The molecule has 0 bridgehead atoms. The topological polar surface area (TPSA) is 117 Å². The van der Waals surface area contributed by atoms with Crippen LogP contribution in [0.3, 0.4) is 0 Å². The molecule has 8 heteroatoms. The first-order valence-electron chi connectivity index (χ1n) is 5.76. The summed E-state index contributed by atoms with van der Waals surface area (Å²) >= 11 is 0. The SMILES string of the molecule is COCCNCC(=O)Nc1ccc([N+](=O)[O-])cc1C#N. The molecule has 0 saturated carbocycles. The van der Waals surface area contributed by atoms with Crippen molar-refractivity contribution in [2.75, 3.05) is 32.1 Å². The van der Waals surface area contributed by atoms with Crippen molar-refractivity contribution >= 4 is 17.3 Å². The van der Waals surface area contributed by atoms with Gasteiger partial charge >= 0.3 is 0 Å². The summed E-state index contributed by atoms with van der Waals surface area (Å²) in [6.45, 7) is 1.06. The second kappa shape index (κ2) is 7.83. The number of carbonyl (C=O) groups excluding carboxylic acids is 1. The number of rotatable bonds is 7. The molecule has 0 spiro atoms. The summed E-state index contributed by atoms with van der Waals surface area (Å²) in [7, 11) is 1.55. The number of benzene rings is 1. The summed E-state index contributed by atoms with van der Waals surface area (Å²) in [6, 6.07) is 5.50. The van der Waals surface area contributed by atoms with Gasteiger partial charge in [0.1, 0.15) is 6.07 Å². The Labute approximate surface area is 115 Å². The van der Waals surface area contributed by atoms with Crippen LogP contribution in [0, 0.1) is 21.4 Å². The molecule has 0 aromatic heterocycles. The third-order valence-electron chi connectivity index (χ3n) is 2.38. The number of hydrogen-bond acceptors (Lipinski definition) is 6. The van der Waals surface area contributed by atoms with Gasteiger partial charge in [0.2, 0.25) is 5.91 Å². The Morgan fingerprint density at radius 2 is 2.30 bits per heavy atom. The standard InChI is InChI=1S/C12H14N4O4/c1-20-5-4-14-8-12(17)15-11-3-2-10(16(18)19)6-9(11)7-13/h2-3,6,14H,4-5,8H2,1H3,(H,15,17). The minimum Gasteiger partial charge on any atom is -0.383 e. The number of anilines is 1. The van der Waals surface area contributed by atoms with Gasteiger partial charge in [-0.05, 0) is 6.07 Å². The van der Waals surface area contributed by atoms with E-state index in [1.165, 1.54) is 12.1 Å². The number of non-ortho nitro benzene ring substituents is 1. The number of hydrogen-bond donors (Lipinski definition) is 2. The third kappa shape index (κ3) is 4.64. The molecule has 0 aliphatic heterocycles. The summed E-state index contributed by atoms with van der Waals surface area (Å²) in [5, 5.41) is 24.9. The molecule has 0 unspecified atom stereocenters. The summed E-state index contributed by atoms with van der Waals surface area (Å²) < 4.78 is 4.81. The smallest absolute Gasteiger partial charge is 0.270 e. The Morgan fingerprint density at radius 3 is 2.90 bits per heavy atom. The highest BCUT2D eigenvalue weighted by atomic mass is 16.6. The summed E-state index contributed by atoms with van der Waals surface area (Å²) in [6.07, 6.45) is 0. The molecule has 0 radical (unpaired) electrons. The van der Waals surface area contributed by atoms with Crippen molar-refractivity contribution < 1.29 is 14.5 Å². The Kier molecular flexibility index (Phi) is 6.09. The lowest BCUT2D eigenvalue weighted by molar-refractivity contribution is -0.384.